The second-order valence-electron chi connectivity index (χ2n) is 3.32. The zero-order valence-electron chi connectivity index (χ0n) is 8.84. The molecule has 2 aromatic rings. The second kappa shape index (κ2) is 5.23. The van der Waals surface area contributed by atoms with E-state index in [1.165, 1.54) is 5.56 Å². The highest BCUT2D eigenvalue weighted by Crippen LogP contribution is 2.17. The maximum absolute atomic E-state index is 5.47. The van der Waals surface area contributed by atoms with Gasteiger partial charge < -0.3 is 10.5 Å². The van der Waals surface area contributed by atoms with Gasteiger partial charge in [-0.25, -0.2) is 9.97 Å². The Morgan fingerprint density at radius 1 is 1.06 bits per heavy atom. The third kappa shape index (κ3) is 2.77. The topological polar surface area (TPSA) is 61.0 Å². The highest BCUT2D eigenvalue weighted by molar-refractivity contribution is 5.29. The monoisotopic (exact) mass is 215 g/mol. The van der Waals surface area contributed by atoms with Gasteiger partial charge in [-0.1, -0.05) is 12.1 Å². The third-order valence-electron chi connectivity index (χ3n) is 2.11. The molecule has 0 aliphatic rings. The van der Waals surface area contributed by atoms with Crippen LogP contribution in [0.5, 0.6) is 11.8 Å². The van der Waals surface area contributed by atoms with E-state index in [0.717, 1.165) is 12.2 Å². The van der Waals surface area contributed by atoms with Crippen LogP contribution in [0.4, 0.5) is 0 Å². The number of benzene rings is 1. The van der Waals surface area contributed by atoms with Gasteiger partial charge in [0.1, 0.15) is 5.75 Å². The number of hydrogen-bond acceptors (Lipinski definition) is 4. The number of hydrogen-bond donors (Lipinski definition) is 1. The highest BCUT2D eigenvalue weighted by Gasteiger charge is 1.98. The lowest BCUT2D eigenvalue weighted by atomic mass is 10.1. The number of rotatable bonds is 4. The smallest absolute Gasteiger partial charge is 0.321 e. The fraction of sp³-hybridized carbons (Fsp3) is 0.167. The fourth-order valence-electron chi connectivity index (χ4n) is 1.33. The van der Waals surface area contributed by atoms with Crippen LogP contribution in [0.1, 0.15) is 5.56 Å². The van der Waals surface area contributed by atoms with Crippen molar-refractivity contribution < 1.29 is 4.74 Å². The summed E-state index contributed by atoms with van der Waals surface area (Å²) in [6, 6.07) is 9.87. The Morgan fingerprint density at radius 3 is 2.38 bits per heavy atom. The zero-order valence-corrected chi connectivity index (χ0v) is 8.84. The summed E-state index contributed by atoms with van der Waals surface area (Å²) in [5.74, 6) is 0.729. The van der Waals surface area contributed by atoms with E-state index in [-0.39, 0.29) is 0 Å². The molecule has 0 unspecified atom stereocenters. The van der Waals surface area contributed by atoms with Crippen LogP contribution >= 0.6 is 0 Å². The lowest BCUT2D eigenvalue weighted by Crippen LogP contribution is -2.02. The van der Waals surface area contributed by atoms with Crippen molar-refractivity contribution in [3.63, 3.8) is 0 Å². The summed E-state index contributed by atoms with van der Waals surface area (Å²) in [6.45, 7) is 0.655. The van der Waals surface area contributed by atoms with Crippen LogP contribution in [0.15, 0.2) is 42.7 Å². The first kappa shape index (κ1) is 10.6. The molecule has 0 atom stereocenters. The van der Waals surface area contributed by atoms with Gasteiger partial charge in [-0.15, -0.1) is 0 Å². The van der Waals surface area contributed by atoms with Crippen LogP contribution in [0, 0.1) is 0 Å². The molecule has 0 amide bonds. The Hall–Kier alpha value is -1.94. The Bertz CT molecular complexity index is 428. The predicted molar refractivity (Wildman–Crippen MR) is 61.3 cm³/mol. The molecule has 0 bridgehead atoms. The first-order chi connectivity index (χ1) is 7.88. The van der Waals surface area contributed by atoms with Gasteiger partial charge in [0, 0.05) is 12.4 Å². The Kier molecular flexibility index (Phi) is 3.46. The average molecular weight is 215 g/mol. The number of aromatic nitrogens is 2. The molecule has 0 aliphatic carbocycles. The standard InChI is InChI=1S/C12H13N3O/c13-7-6-10-2-4-11(5-3-10)16-12-14-8-1-9-15-12/h1-5,8-9H,6-7,13H2. The van der Waals surface area contributed by atoms with Gasteiger partial charge in [-0.2, -0.15) is 0 Å². The van der Waals surface area contributed by atoms with Crippen LogP contribution in [-0.2, 0) is 6.42 Å². The van der Waals surface area contributed by atoms with E-state index < -0.39 is 0 Å². The van der Waals surface area contributed by atoms with Crippen LogP contribution in [0.25, 0.3) is 0 Å². The van der Waals surface area contributed by atoms with Crippen LogP contribution in [0.3, 0.4) is 0 Å². The molecule has 82 valence electrons. The Balaban J connectivity index is 2.05. The van der Waals surface area contributed by atoms with Crippen molar-refractivity contribution in [3.8, 4) is 11.8 Å². The highest BCUT2D eigenvalue weighted by atomic mass is 16.5. The van der Waals surface area contributed by atoms with Crippen molar-refractivity contribution in [2.45, 2.75) is 6.42 Å². The molecule has 4 heteroatoms. The van der Waals surface area contributed by atoms with Crippen molar-refractivity contribution in [3.05, 3.63) is 48.3 Å². The Labute approximate surface area is 94.1 Å². The van der Waals surface area contributed by atoms with Gasteiger partial charge in [-0.3, -0.25) is 0 Å². The van der Waals surface area contributed by atoms with Gasteiger partial charge in [0.2, 0.25) is 0 Å². The van der Waals surface area contributed by atoms with Gasteiger partial charge in [0.05, 0.1) is 0 Å². The fourth-order valence-corrected chi connectivity index (χ4v) is 1.33. The quantitative estimate of drug-likeness (QED) is 0.844. The van der Waals surface area contributed by atoms with Gasteiger partial charge in [0.25, 0.3) is 0 Å². The van der Waals surface area contributed by atoms with E-state index in [1.54, 1.807) is 18.5 Å². The minimum Gasteiger partial charge on any atom is -0.424 e. The molecule has 1 aromatic carbocycles. The van der Waals surface area contributed by atoms with Gasteiger partial charge >= 0.3 is 6.01 Å². The van der Waals surface area contributed by atoms with E-state index in [9.17, 15) is 0 Å². The number of ether oxygens (including phenoxy) is 1. The van der Waals surface area contributed by atoms with Crippen LogP contribution in [-0.4, -0.2) is 16.5 Å². The molecule has 4 nitrogen and oxygen atoms in total. The van der Waals surface area contributed by atoms with E-state index in [1.807, 2.05) is 24.3 Å². The minimum atomic E-state index is 0.356. The Morgan fingerprint density at radius 2 is 1.75 bits per heavy atom. The second-order valence-corrected chi connectivity index (χ2v) is 3.32. The molecule has 16 heavy (non-hydrogen) atoms. The van der Waals surface area contributed by atoms with Crippen LogP contribution < -0.4 is 10.5 Å². The summed E-state index contributed by atoms with van der Waals surface area (Å²) in [6.07, 6.45) is 4.17. The third-order valence-corrected chi connectivity index (χ3v) is 2.11. The van der Waals surface area contributed by atoms with Gasteiger partial charge in [-0.05, 0) is 36.7 Å². The average Bonchev–Trinajstić information content (AvgIpc) is 2.33. The summed E-state index contributed by atoms with van der Waals surface area (Å²) >= 11 is 0. The zero-order chi connectivity index (χ0) is 11.2. The molecular weight excluding hydrogens is 202 g/mol. The summed E-state index contributed by atoms with van der Waals surface area (Å²) in [7, 11) is 0. The number of nitrogens with zero attached hydrogens (tertiary/aromatic N) is 2. The van der Waals surface area contributed by atoms with Crippen molar-refractivity contribution in [2.75, 3.05) is 6.54 Å². The minimum absolute atomic E-state index is 0.356. The van der Waals surface area contributed by atoms with Crippen molar-refractivity contribution >= 4 is 0 Å². The largest absolute Gasteiger partial charge is 0.424 e. The first-order valence-electron chi connectivity index (χ1n) is 5.12. The lowest BCUT2D eigenvalue weighted by Gasteiger charge is -2.04. The normalized spacial score (nSPS) is 10.1. The first-order valence-corrected chi connectivity index (χ1v) is 5.12. The lowest BCUT2D eigenvalue weighted by molar-refractivity contribution is 0.441. The van der Waals surface area contributed by atoms with E-state index >= 15 is 0 Å². The van der Waals surface area contributed by atoms with E-state index in [0.29, 0.717) is 12.6 Å². The molecule has 0 radical (unpaired) electrons. The van der Waals surface area contributed by atoms with Gasteiger partial charge in [0.15, 0.2) is 0 Å². The molecule has 0 saturated carbocycles. The van der Waals surface area contributed by atoms with E-state index in [2.05, 4.69) is 9.97 Å². The molecule has 1 aromatic heterocycles. The molecule has 0 aliphatic heterocycles. The molecule has 0 spiro atoms. The summed E-state index contributed by atoms with van der Waals surface area (Å²) in [5.41, 5.74) is 6.67. The van der Waals surface area contributed by atoms with Crippen molar-refractivity contribution in [1.29, 1.82) is 0 Å². The predicted octanol–water partition coefficient (Wildman–Crippen LogP) is 1.77. The molecule has 1 heterocycles. The molecule has 0 fully saturated rings. The molecule has 2 N–H and O–H groups in total. The number of nitrogens with two attached hydrogens (primary N) is 1. The maximum Gasteiger partial charge on any atom is 0.321 e. The summed E-state index contributed by atoms with van der Waals surface area (Å²) in [4.78, 5) is 7.96. The molecule has 2 rings (SSSR count). The summed E-state index contributed by atoms with van der Waals surface area (Å²) in [5, 5.41) is 0. The maximum atomic E-state index is 5.47. The molecular formula is C12H13N3O. The van der Waals surface area contributed by atoms with E-state index in [4.69, 9.17) is 10.5 Å². The van der Waals surface area contributed by atoms with Crippen molar-refractivity contribution in [2.24, 2.45) is 5.73 Å². The van der Waals surface area contributed by atoms with Crippen molar-refractivity contribution in [1.82, 2.24) is 9.97 Å². The summed E-state index contributed by atoms with van der Waals surface area (Å²) < 4.78 is 5.46. The molecule has 0 saturated heterocycles. The SMILES string of the molecule is NCCc1ccc(Oc2ncccn2)cc1. The van der Waals surface area contributed by atoms with Crippen LogP contribution in [0.2, 0.25) is 0 Å².